The highest BCUT2D eigenvalue weighted by atomic mass is 16.4. The molecule has 4 N–H and O–H groups in total. The van der Waals surface area contributed by atoms with E-state index in [-0.39, 0.29) is 11.5 Å². The van der Waals surface area contributed by atoms with E-state index in [4.69, 9.17) is 5.73 Å². The summed E-state index contributed by atoms with van der Waals surface area (Å²) in [7, 11) is 0. The Bertz CT molecular complexity index is 571. The average Bonchev–Trinajstić information content (AvgIpc) is 2.47. The van der Waals surface area contributed by atoms with Crippen LogP contribution in [0.2, 0.25) is 0 Å². The number of primary amides is 1. The van der Waals surface area contributed by atoms with Gasteiger partial charge in [-0.25, -0.2) is 0 Å². The fourth-order valence-corrected chi connectivity index (χ4v) is 2.77. The molecule has 2 atom stereocenters. The van der Waals surface area contributed by atoms with Crippen LogP contribution >= 0.6 is 0 Å². The second kappa shape index (κ2) is 6.39. The van der Waals surface area contributed by atoms with Gasteiger partial charge in [-0.15, -0.1) is 0 Å². The Hall–Kier alpha value is -2.37. The van der Waals surface area contributed by atoms with Gasteiger partial charge < -0.3 is 16.2 Å². The van der Waals surface area contributed by atoms with Gasteiger partial charge in [0.25, 0.3) is 5.91 Å². The number of carboxylic acids is 1. The van der Waals surface area contributed by atoms with Crippen molar-refractivity contribution in [3.8, 4) is 0 Å². The van der Waals surface area contributed by atoms with Gasteiger partial charge in [0.05, 0.1) is 23.1 Å². The highest BCUT2D eigenvalue weighted by Crippen LogP contribution is 2.31. The normalized spacial score (nSPS) is 21.5. The van der Waals surface area contributed by atoms with Crippen molar-refractivity contribution in [2.45, 2.75) is 25.7 Å². The molecule has 6 heteroatoms. The Morgan fingerprint density at radius 2 is 1.71 bits per heavy atom. The molecular weight excluding hydrogens is 272 g/mol. The monoisotopic (exact) mass is 290 g/mol. The van der Waals surface area contributed by atoms with Crippen LogP contribution in [0.1, 0.15) is 36.0 Å². The Morgan fingerprint density at radius 1 is 1.10 bits per heavy atom. The van der Waals surface area contributed by atoms with Crippen LogP contribution in [0.25, 0.3) is 0 Å². The Kier molecular flexibility index (Phi) is 4.57. The molecule has 0 saturated heterocycles. The molecule has 1 aromatic carbocycles. The van der Waals surface area contributed by atoms with Crippen molar-refractivity contribution in [3.63, 3.8) is 0 Å². The zero-order chi connectivity index (χ0) is 15.4. The first-order valence-electron chi connectivity index (χ1n) is 6.93. The second-order valence-corrected chi connectivity index (χ2v) is 5.23. The number of rotatable bonds is 4. The molecule has 112 valence electrons. The van der Waals surface area contributed by atoms with E-state index in [1.54, 1.807) is 18.2 Å². The van der Waals surface area contributed by atoms with Gasteiger partial charge in [-0.1, -0.05) is 25.0 Å². The number of nitrogens with one attached hydrogen (secondary N) is 1. The van der Waals surface area contributed by atoms with Crippen LogP contribution in [0.3, 0.4) is 0 Å². The SMILES string of the molecule is NC(=O)c1ccccc1NC(=O)[C@H]1CCCC[C@H]1C(=O)O. The highest BCUT2D eigenvalue weighted by molar-refractivity contribution is 6.04. The molecule has 0 aromatic heterocycles. The van der Waals surface area contributed by atoms with E-state index in [1.165, 1.54) is 6.07 Å². The fraction of sp³-hybridized carbons (Fsp3) is 0.400. The number of nitrogens with two attached hydrogens (primary N) is 1. The van der Waals surface area contributed by atoms with Crippen LogP contribution < -0.4 is 11.1 Å². The number of carbonyl (C=O) groups is 3. The molecule has 0 heterocycles. The predicted molar refractivity (Wildman–Crippen MR) is 76.7 cm³/mol. The summed E-state index contributed by atoms with van der Waals surface area (Å²) in [5.41, 5.74) is 5.80. The van der Waals surface area contributed by atoms with E-state index < -0.39 is 23.7 Å². The van der Waals surface area contributed by atoms with E-state index >= 15 is 0 Å². The summed E-state index contributed by atoms with van der Waals surface area (Å²) >= 11 is 0. The summed E-state index contributed by atoms with van der Waals surface area (Å²) in [6.45, 7) is 0. The molecule has 1 saturated carbocycles. The van der Waals surface area contributed by atoms with Crippen molar-refractivity contribution < 1.29 is 19.5 Å². The molecule has 0 aliphatic heterocycles. The maximum atomic E-state index is 12.3. The van der Waals surface area contributed by atoms with Crippen molar-refractivity contribution >= 4 is 23.5 Å². The van der Waals surface area contributed by atoms with Gasteiger partial charge in [0.1, 0.15) is 0 Å². The zero-order valence-corrected chi connectivity index (χ0v) is 11.5. The van der Waals surface area contributed by atoms with Crippen molar-refractivity contribution in [1.82, 2.24) is 0 Å². The van der Waals surface area contributed by atoms with Gasteiger partial charge in [0, 0.05) is 0 Å². The number of amides is 2. The molecule has 1 aliphatic carbocycles. The van der Waals surface area contributed by atoms with Gasteiger partial charge in [-0.05, 0) is 25.0 Å². The molecule has 1 aromatic rings. The third-order valence-corrected chi connectivity index (χ3v) is 3.87. The maximum Gasteiger partial charge on any atom is 0.307 e. The minimum Gasteiger partial charge on any atom is -0.481 e. The van der Waals surface area contributed by atoms with Gasteiger partial charge in [0.2, 0.25) is 5.91 Å². The highest BCUT2D eigenvalue weighted by Gasteiger charge is 2.35. The third-order valence-electron chi connectivity index (χ3n) is 3.87. The first kappa shape index (κ1) is 15.0. The minimum absolute atomic E-state index is 0.216. The first-order chi connectivity index (χ1) is 10.0. The number of hydrogen-bond donors (Lipinski definition) is 3. The predicted octanol–water partition coefficient (Wildman–Crippen LogP) is 1.61. The maximum absolute atomic E-state index is 12.3. The lowest BCUT2D eigenvalue weighted by Crippen LogP contribution is -2.36. The van der Waals surface area contributed by atoms with Crippen molar-refractivity contribution in [3.05, 3.63) is 29.8 Å². The summed E-state index contributed by atoms with van der Waals surface area (Å²) in [6, 6.07) is 6.43. The molecule has 0 spiro atoms. The minimum atomic E-state index is -0.946. The van der Waals surface area contributed by atoms with E-state index in [1.807, 2.05) is 0 Å². The molecule has 1 fully saturated rings. The van der Waals surface area contributed by atoms with Crippen molar-refractivity contribution in [2.75, 3.05) is 5.32 Å². The molecule has 0 bridgehead atoms. The lowest BCUT2D eigenvalue weighted by atomic mass is 9.78. The topological polar surface area (TPSA) is 109 Å². The van der Waals surface area contributed by atoms with Crippen molar-refractivity contribution in [1.29, 1.82) is 0 Å². The molecule has 2 amide bonds. The van der Waals surface area contributed by atoms with E-state index in [0.717, 1.165) is 12.8 Å². The van der Waals surface area contributed by atoms with E-state index in [2.05, 4.69) is 5.32 Å². The number of anilines is 1. The molecule has 0 radical (unpaired) electrons. The summed E-state index contributed by atoms with van der Waals surface area (Å²) < 4.78 is 0. The van der Waals surface area contributed by atoms with Gasteiger partial charge in [0.15, 0.2) is 0 Å². The lowest BCUT2D eigenvalue weighted by molar-refractivity contribution is -0.147. The summed E-state index contributed by atoms with van der Waals surface area (Å²) in [5, 5.41) is 11.9. The largest absolute Gasteiger partial charge is 0.481 e. The Balaban J connectivity index is 2.17. The summed E-state index contributed by atoms with van der Waals surface area (Å²) in [5.74, 6) is -3.19. The number of hydrogen-bond acceptors (Lipinski definition) is 3. The second-order valence-electron chi connectivity index (χ2n) is 5.23. The van der Waals surface area contributed by atoms with Gasteiger partial charge in [-0.3, -0.25) is 14.4 Å². The van der Waals surface area contributed by atoms with Gasteiger partial charge in [-0.2, -0.15) is 0 Å². The Labute approximate surface area is 122 Å². The van der Waals surface area contributed by atoms with E-state index in [0.29, 0.717) is 18.5 Å². The molecule has 0 unspecified atom stereocenters. The van der Waals surface area contributed by atoms with E-state index in [9.17, 15) is 19.5 Å². The smallest absolute Gasteiger partial charge is 0.307 e. The van der Waals surface area contributed by atoms with Crippen LogP contribution in [0.15, 0.2) is 24.3 Å². The third kappa shape index (κ3) is 3.39. The molecule has 6 nitrogen and oxygen atoms in total. The summed E-state index contributed by atoms with van der Waals surface area (Å²) in [6.07, 6.45) is 2.70. The number of benzene rings is 1. The zero-order valence-electron chi connectivity index (χ0n) is 11.5. The average molecular weight is 290 g/mol. The number of aliphatic carboxylic acids is 1. The van der Waals surface area contributed by atoms with Gasteiger partial charge >= 0.3 is 5.97 Å². The number of para-hydroxylation sites is 1. The quantitative estimate of drug-likeness (QED) is 0.782. The molecule has 1 aliphatic rings. The first-order valence-corrected chi connectivity index (χ1v) is 6.93. The van der Waals surface area contributed by atoms with Crippen LogP contribution in [-0.4, -0.2) is 22.9 Å². The van der Waals surface area contributed by atoms with Crippen LogP contribution in [-0.2, 0) is 9.59 Å². The van der Waals surface area contributed by atoms with Crippen LogP contribution in [0.5, 0.6) is 0 Å². The number of carboxylic acid groups (broad SMARTS) is 1. The van der Waals surface area contributed by atoms with Crippen LogP contribution in [0.4, 0.5) is 5.69 Å². The van der Waals surface area contributed by atoms with Crippen molar-refractivity contribution in [2.24, 2.45) is 17.6 Å². The molecule has 21 heavy (non-hydrogen) atoms. The number of carbonyl (C=O) groups excluding carboxylic acids is 2. The van der Waals surface area contributed by atoms with Crippen LogP contribution in [0, 0.1) is 11.8 Å². The standard InChI is InChI=1S/C15H18N2O4/c16-13(18)11-7-3-4-8-12(11)17-14(19)9-5-1-2-6-10(9)15(20)21/h3-4,7-10H,1-2,5-6H2,(H2,16,18)(H,17,19)(H,20,21)/t9-,10+/m0/s1. The Morgan fingerprint density at radius 3 is 2.33 bits per heavy atom. The molecule has 2 rings (SSSR count). The summed E-state index contributed by atoms with van der Waals surface area (Å²) in [4.78, 5) is 34.9. The fourth-order valence-electron chi connectivity index (χ4n) is 2.77. The lowest BCUT2D eigenvalue weighted by Gasteiger charge is -2.27. The molecular formula is C15H18N2O4.